The van der Waals surface area contributed by atoms with Crippen molar-refractivity contribution < 1.29 is 19.4 Å². The van der Waals surface area contributed by atoms with E-state index in [4.69, 9.17) is 9.84 Å². The van der Waals surface area contributed by atoms with E-state index in [1.165, 1.54) is 0 Å². The molecule has 0 aliphatic rings. The molecular weight excluding hydrogens is 198 g/mol. The van der Waals surface area contributed by atoms with E-state index in [1.807, 2.05) is 0 Å². The van der Waals surface area contributed by atoms with Crippen LogP contribution in [-0.2, 0) is 14.3 Å². The molecule has 0 heterocycles. The van der Waals surface area contributed by atoms with Gasteiger partial charge in [0.05, 0.1) is 13.0 Å². The van der Waals surface area contributed by atoms with Crippen molar-refractivity contribution in [3.63, 3.8) is 0 Å². The van der Waals surface area contributed by atoms with E-state index >= 15 is 0 Å². The van der Waals surface area contributed by atoms with Gasteiger partial charge in [-0.15, -0.1) is 0 Å². The molecule has 0 unspecified atom stereocenters. The number of carbonyl (C=O) groups is 2. The van der Waals surface area contributed by atoms with E-state index in [9.17, 15) is 9.59 Å². The third-order valence-corrected chi connectivity index (χ3v) is 1.90. The molecule has 0 rings (SSSR count). The quantitative estimate of drug-likeness (QED) is 0.614. The first kappa shape index (κ1) is 13.9. The number of hydrogen-bond donors (Lipinski definition) is 2. The summed E-state index contributed by atoms with van der Waals surface area (Å²) in [5.74, 6) is -1.03. The molecule has 0 bridgehead atoms. The van der Waals surface area contributed by atoms with E-state index in [0.717, 1.165) is 0 Å². The maximum atomic E-state index is 11.4. The van der Waals surface area contributed by atoms with Crippen molar-refractivity contribution in [3.8, 4) is 0 Å². The highest BCUT2D eigenvalue weighted by Gasteiger charge is 2.24. The zero-order chi connectivity index (χ0) is 11.9. The van der Waals surface area contributed by atoms with Crippen LogP contribution in [0, 0.1) is 5.41 Å². The standard InChI is InChI=1S/C10H19NO4/c1-10(2,7-9(13)14)6-8(12)11-4-5-15-3/h4-7H2,1-3H3,(H,11,12)(H,13,14). The molecule has 5 nitrogen and oxygen atoms in total. The van der Waals surface area contributed by atoms with Crippen molar-refractivity contribution in [2.24, 2.45) is 5.41 Å². The van der Waals surface area contributed by atoms with Crippen molar-refractivity contribution in [1.29, 1.82) is 0 Å². The van der Waals surface area contributed by atoms with Crippen LogP contribution in [0.2, 0.25) is 0 Å². The van der Waals surface area contributed by atoms with Crippen LogP contribution in [0.1, 0.15) is 26.7 Å². The number of aliphatic carboxylic acids is 1. The first-order chi connectivity index (χ1) is 6.87. The Hall–Kier alpha value is -1.10. The minimum Gasteiger partial charge on any atom is -0.481 e. The topological polar surface area (TPSA) is 75.6 Å². The molecule has 0 atom stereocenters. The van der Waals surface area contributed by atoms with Crippen LogP contribution in [0.15, 0.2) is 0 Å². The van der Waals surface area contributed by atoms with Gasteiger partial charge >= 0.3 is 5.97 Å². The van der Waals surface area contributed by atoms with Crippen molar-refractivity contribution >= 4 is 11.9 Å². The summed E-state index contributed by atoms with van der Waals surface area (Å²) in [5, 5.41) is 11.3. The largest absolute Gasteiger partial charge is 0.481 e. The minimum absolute atomic E-state index is 0.00923. The van der Waals surface area contributed by atoms with Crippen molar-refractivity contribution in [2.45, 2.75) is 26.7 Å². The lowest BCUT2D eigenvalue weighted by Gasteiger charge is -2.21. The van der Waals surface area contributed by atoms with Gasteiger partial charge in [-0.2, -0.15) is 0 Å². The Bertz CT molecular complexity index is 225. The third-order valence-electron chi connectivity index (χ3n) is 1.90. The smallest absolute Gasteiger partial charge is 0.303 e. The van der Waals surface area contributed by atoms with Gasteiger partial charge in [0, 0.05) is 20.1 Å². The van der Waals surface area contributed by atoms with Gasteiger partial charge in [-0.3, -0.25) is 9.59 Å². The van der Waals surface area contributed by atoms with Gasteiger partial charge in [-0.1, -0.05) is 13.8 Å². The summed E-state index contributed by atoms with van der Waals surface area (Å²) in [7, 11) is 1.56. The van der Waals surface area contributed by atoms with Gasteiger partial charge in [-0.25, -0.2) is 0 Å². The predicted octanol–water partition coefficient (Wildman–Crippen LogP) is 0.640. The molecule has 0 spiro atoms. The summed E-state index contributed by atoms with van der Waals surface area (Å²) >= 11 is 0. The van der Waals surface area contributed by atoms with Crippen molar-refractivity contribution in [3.05, 3.63) is 0 Å². The molecule has 0 aliphatic heterocycles. The number of carboxylic acids is 1. The fraction of sp³-hybridized carbons (Fsp3) is 0.800. The molecule has 0 aromatic heterocycles. The number of amides is 1. The first-order valence-electron chi connectivity index (χ1n) is 4.85. The molecule has 15 heavy (non-hydrogen) atoms. The summed E-state index contributed by atoms with van der Waals surface area (Å²) in [5.41, 5.74) is -0.511. The molecule has 0 aromatic carbocycles. The van der Waals surface area contributed by atoms with Gasteiger partial charge in [0.1, 0.15) is 0 Å². The predicted molar refractivity (Wildman–Crippen MR) is 55.5 cm³/mol. The minimum atomic E-state index is -0.885. The Morgan fingerprint density at radius 3 is 2.40 bits per heavy atom. The normalized spacial score (nSPS) is 11.1. The van der Waals surface area contributed by atoms with Crippen LogP contribution >= 0.6 is 0 Å². The van der Waals surface area contributed by atoms with Crippen molar-refractivity contribution in [2.75, 3.05) is 20.3 Å². The summed E-state index contributed by atoms with van der Waals surface area (Å²) < 4.78 is 4.78. The molecule has 5 heteroatoms. The second kappa shape index (κ2) is 6.40. The Morgan fingerprint density at radius 1 is 1.33 bits per heavy atom. The van der Waals surface area contributed by atoms with E-state index in [0.29, 0.717) is 13.2 Å². The summed E-state index contributed by atoms with van der Waals surface area (Å²) in [6.45, 7) is 4.44. The maximum Gasteiger partial charge on any atom is 0.303 e. The number of hydrogen-bond acceptors (Lipinski definition) is 3. The van der Waals surface area contributed by atoms with Gasteiger partial charge in [-0.05, 0) is 5.41 Å². The third kappa shape index (κ3) is 7.93. The van der Waals surface area contributed by atoms with Crippen LogP contribution in [-0.4, -0.2) is 37.2 Å². The lowest BCUT2D eigenvalue weighted by molar-refractivity contribution is -0.139. The Balaban J connectivity index is 3.88. The number of carbonyl (C=O) groups excluding carboxylic acids is 1. The van der Waals surface area contributed by atoms with E-state index in [1.54, 1.807) is 21.0 Å². The average Bonchev–Trinajstić information content (AvgIpc) is 2.00. The number of carboxylic acid groups (broad SMARTS) is 1. The molecule has 0 saturated carbocycles. The number of ether oxygens (including phenoxy) is 1. The highest BCUT2D eigenvalue weighted by Crippen LogP contribution is 2.24. The molecular formula is C10H19NO4. The van der Waals surface area contributed by atoms with E-state index in [2.05, 4.69) is 5.32 Å². The zero-order valence-electron chi connectivity index (χ0n) is 9.50. The molecule has 0 radical (unpaired) electrons. The maximum absolute atomic E-state index is 11.4. The van der Waals surface area contributed by atoms with Crippen LogP contribution in [0.4, 0.5) is 0 Å². The highest BCUT2D eigenvalue weighted by atomic mass is 16.5. The van der Waals surface area contributed by atoms with Gasteiger partial charge in [0.25, 0.3) is 0 Å². The van der Waals surface area contributed by atoms with Crippen molar-refractivity contribution in [1.82, 2.24) is 5.32 Å². The van der Waals surface area contributed by atoms with Gasteiger partial charge in [0.15, 0.2) is 0 Å². The second-order valence-corrected chi connectivity index (χ2v) is 4.25. The van der Waals surface area contributed by atoms with E-state index < -0.39 is 11.4 Å². The Morgan fingerprint density at radius 2 is 1.93 bits per heavy atom. The number of nitrogens with one attached hydrogen (secondary N) is 1. The molecule has 0 aliphatic carbocycles. The molecule has 2 N–H and O–H groups in total. The molecule has 0 saturated heterocycles. The summed E-state index contributed by atoms with van der Waals surface area (Å²) in [6.07, 6.45) is 0.202. The van der Waals surface area contributed by atoms with Gasteiger partial charge in [0.2, 0.25) is 5.91 Å². The lowest BCUT2D eigenvalue weighted by Crippen LogP contribution is -2.32. The fourth-order valence-electron chi connectivity index (χ4n) is 1.26. The number of rotatable bonds is 7. The van der Waals surface area contributed by atoms with Crippen LogP contribution in [0.5, 0.6) is 0 Å². The van der Waals surface area contributed by atoms with Gasteiger partial charge < -0.3 is 15.2 Å². The SMILES string of the molecule is COCCNC(=O)CC(C)(C)CC(=O)O. The average molecular weight is 217 g/mol. The highest BCUT2D eigenvalue weighted by molar-refractivity contribution is 5.77. The van der Waals surface area contributed by atoms with Crippen LogP contribution < -0.4 is 5.32 Å². The lowest BCUT2D eigenvalue weighted by atomic mass is 9.85. The molecule has 0 fully saturated rings. The Kier molecular flexibility index (Phi) is 5.93. The summed E-state index contributed by atoms with van der Waals surface area (Å²) in [4.78, 5) is 21.9. The van der Waals surface area contributed by atoms with Crippen LogP contribution in [0.3, 0.4) is 0 Å². The zero-order valence-corrected chi connectivity index (χ0v) is 9.50. The second-order valence-electron chi connectivity index (χ2n) is 4.25. The molecule has 0 aromatic rings. The van der Waals surface area contributed by atoms with E-state index in [-0.39, 0.29) is 18.7 Å². The first-order valence-corrected chi connectivity index (χ1v) is 4.85. The molecule has 1 amide bonds. The van der Waals surface area contributed by atoms with Crippen LogP contribution in [0.25, 0.3) is 0 Å². The molecule has 88 valence electrons. The Labute approximate surface area is 89.8 Å². The summed E-state index contributed by atoms with van der Waals surface area (Å²) in [6, 6.07) is 0. The monoisotopic (exact) mass is 217 g/mol. The number of methoxy groups -OCH3 is 1. The fourth-order valence-corrected chi connectivity index (χ4v) is 1.26.